The first-order chi connectivity index (χ1) is 8.42. The minimum atomic E-state index is -0.348. The van der Waals surface area contributed by atoms with E-state index >= 15 is 0 Å². The molecule has 18 heavy (non-hydrogen) atoms. The number of rotatable bonds is 6. The van der Waals surface area contributed by atoms with Gasteiger partial charge in [0.15, 0.2) is 0 Å². The number of benzene rings is 1. The number of carbonyl (C=O) groups is 1. The second kappa shape index (κ2) is 6.52. The zero-order valence-corrected chi connectivity index (χ0v) is 11.2. The van der Waals surface area contributed by atoms with Crippen molar-refractivity contribution in [3.63, 3.8) is 0 Å². The highest BCUT2D eigenvalue weighted by Crippen LogP contribution is 2.09. The Hall–Kier alpha value is -1.39. The quantitative estimate of drug-likeness (QED) is 0.787. The summed E-state index contributed by atoms with van der Waals surface area (Å²) in [6.07, 6.45) is 0. The van der Waals surface area contributed by atoms with Gasteiger partial charge < -0.3 is 15.2 Å². The molecule has 0 saturated carbocycles. The summed E-state index contributed by atoms with van der Waals surface area (Å²) >= 11 is 0. The van der Waals surface area contributed by atoms with Gasteiger partial charge in [0.1, 0.15) is 0 Å². The van der Waals surface area contributed by atoms with E-state index in [0.717, 1.165) is 5.56 Å². The van der Waals surface area contributed by atoms with E-state index in [2.05, 4.69) is 0 Å². The lowest BCUT2D eigenvalue weighted by molar-refractivity contribution is 0.0525. The summed E-state index contributed by atoms with van der Waals surface area (Å²) in [6, 6.07) is 7.24. The van der Waals surface area contributed by atoms with Gasteiger partial charge in [-0.3, -0.25) is 0 Å². The molecule has 2 N–H and O–H groups in total. The summed E-state index contributed by atoms with van der Waals surface area (Å²) in [5.41, 5.74) is 6.95. The van der Waals surface area contributed by atoms with Crippen LogP contribution >= 0.6 is 0 Å². The van der Waals surface area contributed by atoms with Gasteiger partial charge in [0.05, 0.1) is 25.4 Å². The maximum absolute atomic E-state index is 11.5. The molecule has 0 radical (unpaired) electrons. The molecule has 1 aromatic carbocycles. The Balaban J connectivity index is 2.57. The summed E-state index contributed by atoms with van der Waals surface area (Å²) < 4.78 is 10.4. The lowest BCUT2D eigenvalue weighted by atomic mass is 10.1. The highest BCUT2D eigenvalue weighted by Gasteiger charge is 2.11. The van der Waals surface area contributed by atoms with E-state index in [1.807, 2.05) is 26.0 Å². The zero-order chi connectivity index (χ0) is 13.6. The number of hydrogen-bond donors (Lipinski definition) is 1. The van der Waals surface area contributed by atoms with Crippen LogP contribution in [0.1, 0.15) is 36.7 Å². The van der Waals surface area contributed by atoms with Crippen molar-refractivity contribution in [3.8, 4) is 0 Å². The molecule has 0 aromatic heterocycles. The minimum absolute atomic E-state index is 0.307. The molecule has 0 unspecified atom stereocenters. The molecule has 0 saturated heterocycles. The highest BCUT2D eigenvalue weighted by molar-refractivity contribution is 5.89. The summed E-state index contributed by atoms with van der Waals surface area (Å²) in [5.74, 6) is -0.307. The molecule has 0 heterocycles. The highest BCUT2D eigenvalue weighted by atomic mass is 16.5. The molecule has 0 aliphatic carbocycles. The van der Waals surface area contributed by atoms with E-state index in [4.69, 9.17) is 15.2 Å². The van der Waals surface area contributed by atoms with Crippen molar-refractivity contribution in [2.24, 2.45) is 5.73 Å². The fourth-order valence-corrected chi connectivity index (χ4v) is 1.43. The number of carbonyl (C=O) groups excluding carboxylic acids is 1. The van der Waals surface area contributed by atoms with Gasteiger partial charge >= 0.3 is 5.97 Å². The van der Waals surface area contributed by atoms with Crippen molar-refractivity contribution >= 4 is 5.97 Å². The van der Waals surface area contributed by atoms with Crippen molar-refractivity contribution in [1.82, 2.24) is 0 Å². The third-order valence-electron chi connectivity index (χ3n) is 2.18. The van der Waals surface area contributed by atoms with E-state index in [0.29, 0.717) is 25.4 Å². The van der Waals surface area contributed by atoms with Gasteiger partial charge in [0.2, 0.25) is 0 Å². The first-order valence-electron chi connectivity index (χ1n) is 6.05. The molecule has 100 valence electrons. The molecule has 4 heteroatoms. The van der Waals surface area contributed by atoms with Crippen LogP contribution in [0.15, 0.2) is 24.3 Å². The van der Waals surface area contributed by atoms with Crippen LogP contribution in [0.5, 0.6) is 0 Å². The van der Waals surface area contributed by atoms with Crippen LogP contribution in [-0.4, -0.2) is 24.7 Å². The molecular formula is C14H21NO3. The van der Waals surface area contributed by atoms with E-state index in [1.54, 1.807) is 19.1 Å². The van der Waals surface area contributed by atoms with Gasteiger partial charge in [-0.2, -0.15) is 0 Å². The van der Waals surface area contributed by atoms with Crippen molar-refractivity contribution in [3.05, 3.63) is 35.4 Å². The number of ether oxygens (including phenoxy) is 2. The van der Waals surface area contributed by atoms with Crippen LogP contribution < -0.4 is 5.73 Å². The number of hydrogen-bond acceptors (Lipinski definition) is 4. The molecule has 0 bridgehead atoms. The lowest BCUT2D eigenvalue weighted by Crippen LogP contribution is -2.37. The van der Waals surface area contributed by atoms with Crippen LogP contribution in [-0.2, 0) is 16.1 Å². The Kier molecular flexibility index (Phi) is 5.31. The topological polar surface area (TPSA) is 61.5 Å². The van der Waals surface area contributed by atoms with Crippen LogP contribution in [0.2, 0.25) is 0 Å². The third-order valence-corrected chi connectivity index (χ3v) is 2.18. The summed E-state index contributed by atoms with van der Waals surface area (Å²) in [7, 11) is 0. The van der Waals surface area contributed by atoms with Gasteiger partial charge in [-0.1, -0.05) is 12.1 Å². The molecular weight excluding hydrogens is 230 g/mol. The number of nitrogens with two attached hydrogens (primary N) is 1. The predicted molar refractivity (Wildman–Crippen MR) is 70.3 cm³/mol. The van der Waals surface area contributed by atoms with Gasteiger partial charge in [-0.05, 0) is 38.5 Å². The van der Waals surface area contributed by atoms with E-state index in [9.17, 15) is 4.79 Å². The molecule has 1 rings (SSSR count). The Morgan fingerprint density at radius 1 is 1.39 bits per heavy atom. The predicted octanol–water partition coefficient (Wildman–Crippen LogP) is 2.12. The van der Waals surface area contributed by atoms with E-state index in [-0.39, 0.29) is 11.5 Å². The summed E-state index contributed by atoms with van der Waals surface area (Å²) in [4.78, 5) is 11.5. The van der Waals surface area contributed by atoms with Crippen LogP contribution in [0.4, 0.5) is 0 Å². The average Bonchev–Trinajstić information content (AvgIpc) is 2.28. The van der Waals surface area contributed by atoms with Crippen molar-refractivity contribution in [1.29, 1.82) is 0 Å². The second-order valence-electron chi connectivity index (χ2n) is 4.90. The zero-order valence-electron chi connectivity index (χ0n) is 11.2. The van der Waals surface area contributed by atoms with E-state index in [1.165, 1.54) is 0 Å². The Bertz CT molecular complexity index is 396. The summed E-state index contributed by atoms with van der Waals surface area (Å²) in [5, 5.41) is 0. The number of esters is 1. The standard InChI is InChI=1S/C14H21NO3/c1-4-18-13(16)12-7-5-6-11(8-12)9-17-10-14(2,3)15/h5-8H,4,9-10,15H2,1-3H3. The third kappa shape index (κ3) is 5.29. The molecule has 0 fully saturated rings. The molecule has 4 nitrogen and oxygen atoms in total. The van der Waals surface area contributed by atoms with Crippen molar-refractivity contribution < 1.29 is 14.3 Å². The largest absolute Gasteiger partial charge is 0.462 e. The van der Waals surface area contributed by atoms with E-state index < -0.39 is 0 Å². The average molecular weight is 251 g/mol. The first kappa shape index (κ1) is 14.7. The Labute approximate surface area is 108 Å². The lowest BCUT2D eigenvalue weighted by Gasteiger charge is -2.18. The first-order valence-corrected chi connectivity index (χ1v) is 6.05. The van der Waals surface area contributed by atoms with Crippen molar-refractivity contribution in [2.75, 3.05) is 13.2 Å². The Morgan fingerprint density at radius 3 is 2.72 bits per heavy atom. The monoisotopic (exact) mass is 251 g/mol. The maximum Gasteiger partial charge on any atom is 0.338 e. The SMILES string of the molecule is CCOC(=O)c1cccc(COCC(C)(C)N)c1. The van der Waals surface area contributed by atoms with Gasteiger partial charge in [-0.25, -0.2) is 4.79 Å². The second-order valence-corrected chi connectivity index (χ2v) is 4.90. The smallest absolute Gasteiger partial charge is 0.338 e. The molecule has 0 amide bonds. The maximum atomic E-state index is 11.5. The molecule has 0 atom stereocenters. The fraction of sp³-hybridized carbons (Fsp3) is 0.500. The molecule has 0 spiro atoms. The van der Waals surface area contributed by atoms with Crippen LogP contribution in [0, 0.1) is 0 Å². The van der Waals surface area contributed by atoms with Gasteiger partial charge in [0, 0.05) is 5.54 Å². The molecule has 0 aliphatic rings. The fourth-order valence-electron chi connectivity index (χ4n) is 1.43. The summed E-state index contributed by atoms with van der Waals surface area (Å²) in [6.45, 7) is 6.88. The van der Waals surface area contributed by atoms with Crippen LogP contribution in [0.25, 0.3) is 0 Å². The van der Waals surface area contributed by atoms with Crippen LogP contribution in [0.3, 0.4) is 0 Å². The minimum Gasteiger partial charge on any atom is -0.462 e. The Morgan fingerprint density at radius 2 is 2.11 bits per heavy atom. The normalized spacial score (nSPS) is 11.3. The van der Waals surface area contributed by atoms with Crippen molar-refractivity contribution in [2.45, 2.75) is 32.9 Å². The van der Waals surface area contributed by atoms with Gasteiger partial charge in [-0.15, -0.1) is 0 Å². The van der Waals surface area contributed by atoms with Gasteiger partial charge in [0.25, 0.3) is 0 Å². The molecule has 0 aliphatic heterocycles. The molecule has 1 aromatic rings.